The van der Waals surface area contributed by atoms with Crippen molar-refractivity contribution in [2.75, 3.05) is 0 Å². The van der Waals surface area contributed by atoms with Crippen LogP contribution in [0.25, 0.3) is 34.0 Å². The van der Waals surface area contributed by atoms with Crippen LogP contribution in [0.1, 0.15) is 67.4 Å². The summed E-state index contributed by atoms with van der Waals surface area (Å²) in [5.41, 5.74) is 4.12. The van der Waals surface area contributed by atoms with E-state index in [1.165, 1.54) is 12.0 Å². The molecule has 1 unspecified atom stereocenters. The Bertz CT molecular complexity index is 1330. The zero-order chi connectivity index (χ0) is 21.5. The van der Waals surface area contributed by atoms with Gasteiger partial charge in [0.05, 0.1) is 0 Å². The molecule has 0 spiro atoms. The maximum Gasteiger partial charge on any atom is 0.163 e. The molecule has 0 radical (unpaired) electrons. The summed E-state index contributed by atoms with van der Waals surface area (Å²) in [6.45, 7) is 0. The largest absolute Gasteiger partial charge is 0.456 e. The van der Waals surface area contributed by atoms with E-state index in [9.17, 15) is 0 Å². The Balaban J connectivity index is 1.47. The first kappa shape index (κ1) is 19.7. The number of hydrogen-bond acceptors (Lipinski definition) is 4. The van der Waals surface area contributed by atoms with Crippen LogP contribution < -0.4 is 0 Å². The van der Waals surface area contributed by atoms with Crippen LogP contribution in [0.15, 0.2) is 58.0 Å². The molecule has 0 N–H and O–H groups in total. The topological polar surface area (TPSA) is 51.8 Å². The SMILES string of the molecule is ClC1=Cc2oc3cc(-c4nc(C5=CCCC=C5)nc(C5C=CCCC5)n4)ccc3c2CC1. The minimum Gasteiger partial charge on any atom is -0.456 e. The molecular weight excluding hydrogens is 418 g/mol. The number of hydrogen-bond donors (Lipinski definition) is 0. The first-order valence-corrected chi connectivity index (χ1v) is 11.8. The molecule has 2 heterocycles. The van der Waals surface area contributed by atoms with Crippen molar-refractivity contribution in [1.29, 1.82) is 0 Å². The van der Waals surface area contributed by atoms with E-state index in [0.717, 1.165) is 83.1 Å². The van der Waals surface area contributed by atoms with Crippen molar-refractivity contribution < 1.29 is 4.42 Å². The summed E-state index contributed by atoms with van der Waals surface area (Å²) in [7, 11) is 0. The highest BCUT2D eigenvalue weighted by atomic mass is 35.5. The number of allylic oxidation sites excluding steroid dienone is 7. The van der Waals surface area contributed by atoms with Gasteiger partial charge in [-0.25, -0.2) is 15.0 Å². The molecule has 0 amide bonds. The monoisotopic (exact) mass is 441 g/mol. The molecular formula is C27H24ClN3O. The van der Waals surface area contributed by atoms with Gasteiger partial charge in [0.15, 0.2) is 11.6 Å². The van der Waals surface area contributed by atoms with Gasteiger partial charge in [0, 0.05) is 33.0 Å². The van der Waals surface area contributed by atoms with Crippen LogP contribution in [0.2, 0.25) is 0 Å². The molecule has 0 aliphatic heterocycles. The Kier molecular flexibility index (Phi) is 5.03. The third-order valence-electron chi connectivity index (χ3n) is 6.48. The van der Waals surface area contributed by atoms with Gasteiger partial charge in [-0.3, -0.25) is 0 Å². The summed E-state index contributed by atoms with van der Waals surface area (Å²) < 4.78 is 6.15. The van der Waals surface area contributed by atoms with Gasteiger partial charge in [-0.2, -0.15) is 0 Å². The van der Waals surface area contributed by atoms with E-state index in [1.807, 2.05) is 6.08 Å². The second kappa shape index (κ2) is 8.18. The summed E-state index contributed by atoms with van der Waals surface area (Å²) in [6, 6.07) is 6.28. The standard InChI is InChI=1S/C27H24ClN3O/c28-20-12-14-22-21-13-11-19(15-23(21)32-24(22)16-20)27-30-25(17-7-3-1-4-8-17)29-26(31-27)18-9-5-2-6-10-18/h3,5,7-9,11,13,15-16,18H,1-2,4,6,10,12,14H2. The quantitative estimate of drug-likeness (QED) is 0.398. The maximum absolute atomic E-state index is 6.24. The van der Waals surface area contributed by atoms with Crippen molar-refractivity contribution in [3.63, 3.8) is 0 Å². The normalized spacial score (nSPS) is 20.2. The molecule has 1 atom stereocenters. The zero-order valence-electron chi connectivity index (χ0n) is 17.9. The Morgan fingerprint density at radius 2 is 1.91 bits per heavy atom. The number of furan rings is 1. The average molecular weight is 442 g/mol. The van der Waals surface area contributed by atoms with E-state index >= 15 is 0 Å². The van der Waals surface area contributed by atoms with Crippen molar-refractivity contribution in [2.45, 2.75) is 50.9 Å². The third kappa shape index (κ3) is 3.63. The Morgan fingerprint density at radius 1 is 0.969 bits per heavy atom. The lowest BCUT2D eigenvalue weighted by molar-refractivity contribution is 0.595. The van der Waals surface area contributed by atoms with Crippen LogP contribution in [0.5, 0.6) is 0 Å². The van der Waals surface area contributed by atoms with E-state index in [1.54, 1.807) is 0 Å². The molecule has 32 heavy (non-hydrogen) atoms. The van der Waals surface area contributed by atoms with Crippen molar-refractivity contribution in [3.8, 4) is 11.4 Å². The Morgan fingerprint density at radius 3 is 2.75 bits per heavy atom. The van der Waals surface area contributed by atoms with Crippen LogP contribution in [0.4, 0.5) is 0 Å². The fraction of sp³-hybridized carbons (Fsp3) is 0.296. The second-order valence-electron chi connectivity index (χ2n) is 8.69. The molecule has 0 bridgehead atoms. The smallest absolute Gasteiger partial charge is 0.163 e. The molecule has 1 aromatic carbocycles. The van der Waals surface area contributed by atoms with Gasteiger partial charge in [-0.1, -0.05) is 54.1 Å². The van der Waals surface area contributed by atoms with E-state index in [-0.39, 0.29) is 5.92 Å². The van der Waals surface area contributed by atoms with Crippen LogP contribution in [-0.2, 0) is 6.42 Å². The highest BCUT2D eigenvalue weighted by Gasteiger charge is 2.21. The van der Waals surface area contributed by atoms with E-state index in [2.05, 4.69) is 48.6 Å². The summed E-state index contributed by atoms with van der Waals surface area (Å²) >= 11 is 6.24. The molecule has 0 saturated carbocycles. The molecule has 5 heteroatoms. The third-order valence-corrected chi connectivity index (χ3v) is 6.77. The van der Waals surface area contributed by atoms with Gasteiger partial charge in [-0.05, 0) is 57.1 Å². The predicted molar refractivity (Wildman–Crippen MR) is 129 cm³/mol. The Labute approximate surface area is 192 Å². The fourth-order valence-electron chi connectivity index (χ4n) is 4.76. The molecule has 0 saturated heterocycles. The number of nitrogens with zero attached hydrogens (tertiary/aromatic N) is 3. The number of halogens is 1. The van der Waals surface area contributed by atoms with E-state index in [4.69, 9.17) is 31.0 Å². The van der Waals surface area contributed by atoms with Crippen molar-refractivity contribution in [3.05, 3.63) is 76.6 Å². The number of rotatable bonds is 3. The van der Waals surface area contributed by atoms with Gasteiger partial charge in [0.25, 0.3) is 0 Å². The first-order chi connectivity index (χ1) is 15.7. The molecule has 0 fully saturated rings. The maximum atomic E-state index is 6.24. The highest BCUT2D eigenvalue weighted by molar-refractivity contribution is 6.31. The lowest BCUT2D eigenvalue weighted by Gasteiger charge is -2.17. The molecule has 3 aromatic rings. The van der Waals surface area contributed by atoms with Gasteiger partial charge < -0.3 is 4.42 Å². The molecule has 6 rings (SSSR count). The number of aromatic nitrogens is 3. The van der Waals surface area contributed by atoms with Crippen LogP contribution in [-0.4, -0.2) is 15.0 Å². The van der Waals surface area contributed by atoms with Crippen molar-refractivity contribution in [2.24, 2.45) is 0 Å². The lowest BCUT2D eigenvalue weighted by Crippen LogP contribution is -2.10. The molecule has 4 nitrogen and oxygen atoms in total. The van der Waals surface area contributed by atoms with Gasteiger partial charge in [0.1, 0.15) is 17.2 Å². The summed E-state index contributed by atoms with van der Waals surface area (Å²) in [4.78, 5) is 14.7. The second-order valence-corrected chi connectivity index (χ2v) is 9.18. The fourth-order valence-corrected chi connectivity index (χ4v) is 4.96. The number of benzene rings is 1. The minimum atomic E-state index is 0.240. The summed E-state index contributed by atoms with van der Waals surface area (Å²) in [6.07, 6.45) is 20.2. The highest BCUT2D eigenvalue weighted by Crippen LogP contribution is 2.36. The lowest BCUT2D eigenvalue weighted by atomic mass is 9.95. The van der Waals surface area contributed by atoms with Crippen LogP contribution in [0.3, 0.4) is 0 Å². The zero-order valence-corrected chi connectivity index (χ0v) is 18.6. The van der Waals surface area contributed by atoms with Gasteiger partial charge in [0.2, 0.25) is 0 Å². The van der Waals surface area contributed by atoms with Gasteiger partial charge in [-0.15, -0.1) is 0 Å². The minimum absolute atomic E-state index is 0.240. The van der Waals surface area contributed by atoms with Crippen molar-refractivity contribution in [1.82, 2.24) is 15.0 Å². The summed E-state index contributed by atoms with van der Waals surface area (Å²) in [5.74, 6) is 3.43. The number of aryl methyl sites for hydroxylation is 1. The van der Waals surface area contributed by atoms with Gasteiger partial charge >= 0.3 is 0 Å². The van der Waals surface area contributed by atoms with E-state index < -0.39 is 0 Å². The predicted octanol–water partition coefficient (Wildman–Crippen LogP) is 7.37. The average Bonchev–Trinajstić information content (AvgIpc) is 3.21. The van der Waals surface area contributed by atoms with Crippen LogP contribution in [0, 0.1) is 0 Å². The molecule has 3 aliphatic carbocycles. The first-order valence-electron chi connectivity index (χ1n) is 11.5. The molecule has 3 aliphatic rings. The Hall–Kier alpha value is -2.98. The number of fused-ring (bicyclic) bond motifs is 3. The summed E-state index contributed by atoms with van der Waals surface area (Å²) in [5, 5.41) is 1.99. The molecule has 160 valence electrons. The molecule has 2 aromatic heterocycles. The van der Waals surface area contributed by atoms with Crippen molar-refractivity contribution >= 4 is 34.2 Å². The van der Waals surface area contributed by atoms with Crippen LogP contribution >= 0.6 is 11.6 Å². The van der Waals surface area contributed by atoms with E-state index in [0.29, 0.717) is 5.82 Å².